The molecular formula is C16H17NO3. The lowest BCUT2D eigenvalue weighted by molar-refractivity contribution is 0.136. The molecule has 0 aliphatic rings. The predicted molar refractivity (Wildman–Crippen MR) is 76.3 cm³/mol. The summed E-state index contributed by atoms with van der Waals surface area (Å²) in [6.07, 6.45) is -0.482. The number of nitrogens with one attached hydrogen (secondary N) is 1. The Morgan fingerprint density at radius 2 is 1.95 bits per heavy atom. The summed E-state index contributed by atoms with van der Waals surface area (Å²) in [6.45, 7) is 2.07. The number of phenols is 1. The lowest BCUT2D eigenvalue weighted by Gasteiger charge is -2.14. The smallest absolute Gasteiger partial charge is 0.407 e. The van der Waals surface area contributed by atoms with Crippen molar-refractivity contribution in [3.05, 3.63) is 65.7 Å². The van der Waals surface area contributed by atoms with E-state index in [-0.39, 0.29) is 18.4 Å². The molecule has 0 saturated heterocycles. The summed E-state index contributed by atoms with van der Waals surface area (Å²) < 4.78 is 5.14. The molecule has 0 radical (unpaired) electrons. The Balaban J connectivity index is 1.85. The van der Waals surface area contributed by atoms with E-state index in [0.717, 1.165) is 11.1 Å². The van der Waals surface area contributed by atoms with Gasteiger partial charge in [0.2, 0.25) is 0 Å². The van der Waals surface area contributed by atoms with Crippen LogP contribution in [0.1, 0.15) is 24.1 Å². The fraction of sp³-hybridized carbons (Fsp3) is 0.188. The van der Waals surface area contributed by atoms with Gasteiger partial charge in [0, 0.05) is 0 Å². The molecule has 2 aromatic carbocycles. The van der Waals surface area contributed by atoms with Crippen molar-refractivity contribution in [2.45, 2.75) is 19.6 Å². The summed E-state index contributed by atoms with van der Waals surface area (Å²) in [5, 5.41) is 12.1. The zero-order chi connectivity index (χ0) is 14.4. The molecular weight excluding hydrogens is 254 g/mol. The van der Waals surface area contributed by atoms with Gasteiger partial charge >= 0.3 is 6.09 Å². The number of hydrogen-bond acceptors (Lipinski definition) is 3. The van der Waals surface area contributed by atoms with Crippen LogP contribution in [0.4, 0.5) is 4.79 Å². The van der Waals surface area contributed by atoms with Gasteiger partial charge in [0.15, 0.2) is 0 Å². The lowest BCUT2D eigenvalue weighted by Crippen LogP contribution is -2.27. The van der Waals surface area contributed by atoms with E-state index < -0.39 is 6.09 Å². The van der Waals surface area contributed by atoms with Crippen molar-refractivity contribution in [3.63, 3.8) is 0 Å². The Labute approximate surface area is 118 Å². The van der Waals surface area contributed by atoms with Gasteiger partial charge in [0.25, 0.3) is 0 Å². The van der Waals surface area contributed by atoms with Gasteiger partial charge in [-0.3, -0.25) is 0 Å². The van der Waals surface area contributed by atoms with Gasteiger partial charge < -0.3 is 15.2 Å². The number of ether oxygens (including phenoxy) is 1. The summed E-state index contributed by atoms with van der Waals surface area (Å²) in [7, 11) is 0. The summed E-state index contributed by atoms with van der Waals surface area (Å²) in [5.74, 6) is 0.175. The minimum absolute atomic E-state index is 0.175. The van der Waals surface area contributed by atoms with Crippen molar-refractivity contribution in [2.24, 2.45) is 0 Å². The van der Waals surface area contributed by atoms with Crippen LogP contribution in [0.25, 0.3) is 0 Å². The molecule has 0 fully saturated rings. The lowest BCUT2D eigenvalue weighted by atomic mass is 10.1. The van der Waals surface area contributed by atoms with Gasteiger partial charge in [-0.2, -0.15) is 0 Å². The first-order valence-electron chi connectivity index (χ1n) is 6.41. The average molecular weight is 271 g/mol. The monoisotopic (exact) mass is 271 g/mol. The SMILES string of the molecule is C[C@H](NC(=O)OCc1ccccc1)c1cccc(O)c1. The largest absolute Gasteiger partial charge is 0.508 e. The molecule has 0 bridgehead atoms. The van der Waals surface area contributed by atoms with Crippen LogP contribution >= 0.6 is 0 Å². The Hall–Kier alpha value is -2.49. The van der Waals surface area contributed by atoms with Crippen LogP contribution in [0.5, 0.6) is 5.75 Å². The zero-order valence-electron chi connectivity index (χ0n) is 11.2. The van der Waals surface area contributed by atoms with E-state index in [1.165, 1.54) is 0 Å². The molecule has 0 saturated carbocycles. The minimum atomic E-state index is -0.482. The molecule has 0 unspecified atom stereocenters. The number of rotatable bonds is 4. The van der Waals surface area contributed by atoms with Gasteiger partial charge in [-0.05, 0) is 30.2 Å². The van der Waals surface area contributed by atoms with Gasteiger partial charge in [0.05, 0.1) is 6.04 Å². The first-order valence-corrected chi connectivity index (χ1v) is 6.41. The van der Waals surface area contributed by atoms with Gasteiger partial charge in [-0.25, -0.2) is 4.79 Å². The quantitative estimate of drug-likeness (QED) is 0.896. The highest BCUT2D eigenvalue weighted by atomic mass is 16.5. The van der Waals surface area contributed by atoms with E-state index in [0.29, 0.717) is 0 Å². The third-order valence-electron chi connectivity index (χ3n) is 2.92. The number of hydrogen-bond donors (Lipinski definition) is 2. The molecule has 2 N–H and O–H groups in total. The third kappa shape index (κ3) is 4.02. The number of aromatic hydroxyl groups is 1. The highest BCUT2D eigenvalue weighted by Gasteiger charge is 2.10. The van der Waals surface area contributed by atoms with Crippen LogP contribution in [-0.4, -0.2) is 11.2 Å². The summed E-state index contributed by atoms with van der Waals surface area (Å²) >= 11 is 0. The Morgan fingerprint density at radius 1 is 1.20 bits per heavy atom. The molecule has 0 aromatic heterocycles. The number of carbonyl (C=O) groups excluding carboxylic acids is 1. The summed E-state index contributed by atoms with van der Waals surface area (Å²) in [5.41, 5.74) is 1.76. The minimum Gasteiger partial charge on any atom is -0.508 e. The van der Waals surface area contributed by atoms with Crippen molar-refractivity contribution >= 4 is 6.09 Å². The number of alkyl carbamates (subject to hydrolysis) is 1. The van der Waals surface area contributed by atoms with Gasteiger partial charge in [-0.1, -0.05) is 42.5 Å². The molecule has 0 heterocycles. The van der Waals surface area contributed by atoms with Crippen LogP contribution in [0, 0.1) is 0 Å². The van der Waals surface area contributed by atoms with E-state index >= 15 is 0 Å². The Morgan fingerprint density at radius 3 is 2.65 bits per heavy atom. The number of amides is 1. The van der Waals surface area contributed by atoms with Crippen molar-refractivity contribution in [1.82, 2.24) is 5.32 Å². The first kappa shape index (κ1) is 13.9. The second-order valence-corrected chi connectivity index (χ2v) is 4.52. The molecule has 2 rings (SSSR count). The average Bonchev–Trinajstić information content (AvgIpc) is 2.46. The van der Waals surface area contributed by atoms with Crippen molar-refractivity contribution < 1.29 is 14.6 Å². The maximum atomic E-state index is 11.7. The zero-order valence-corrected chi connectivity index (χ0v) is 11.2. The molecule has 1 amide bonds. The predicted octanol–water partition coefficient (Wildman–Crippen LogP) is 3.38. The molecule has 0 aliphatic carbocycles. The van der Waals surface area contributed by atoms with Crippen molar-refractivity contribution in [3.8, 4) is 5.75 Å². The fourth-order valence-electron chi connectivity index (χ4n) is 1.82. The molecule has 0 spiro atoms. The first-order chi connectivity index (χ1) is 9.65. The van der Waals surface area contributed by atoms with Crippen LogP contribution in [0.2, 0.25) is 0 Å². The second-order valence-electron chi connectivity index (χ2n) is 4.52. The Kier molecular flexibility index (Phi) is 4.60. The molecule has 1 atom stereocenters. The van der Waals surface area contributed by atoms with E-state index in [1.807, 2.05) is 43.3 Å². The van der Waals surface area contributed by atoms with Crippen LogP contribution < -0.4 is 5.32 Å². The van der Waals surface area contributed by atoms with Crippen LogP contribution in [-0.2, 0) is 11.3 Å². The standard InChI is InChI=1S/C16H17NO3/c1-12(14-8-5-9-15(18)10-14)17-16(19)20-11-13-6-3-2-4-7-13/h2-10,12,18H,11H2,1H3,(H,17,19)/t12-/m0/s1. The normalized spacial score (nSPS) is 11.7. The van der Waals surface area contributed by atoms with E-state index in [4.69, 9.17) is 4.74 Å². The second kappa shape index (κ2) is 6.61. The highest BCUT2D eigenvalue weighted by Crippen LogP contribution is 2.17. The molecule has 0 aliphatic heterocycles. The molecule has 4 nitrogen and oxygen atoms in total. The van der Waals surface area contributed by atoms with Crippen LogP contribution in [0.3, 0.4) is 0 Å². The summed E-state index contributed by atoms with van der Waals surface area (Å²) in [6, 6.07) is 16.0. The number of benzene rings is 2. The highest BCUT2D eigenvalue weighted by molar-refractivity contribution is 5.67. The van der Waals surface area contributed by atoms with Crippen molar-refractivity contribution in [2.75, 3.05) is 0 Å². The topological polar surface area (TPSA) is 58.6 Å². The maximum Gasteiger partial charge on any atom is 0.407 e. The molecule has 104 valence electrons. The molecule has 4 heteroatoms. The summed E-state index contributed by atoms with van der Waals surface area (Å²) in [4.78, 5) is 11.7. The van der Waals surface area contributed by atoms with Crippen molar-refractivity contribution in [1.29, 1.82) is 0 Å². The number of phenolic OH excluding ortho intramolecular Hbond substituents is 1. The third-order valence-corrected chi connectivity index (χ3v) is 2.92. The Bertz CT molecular complexity index is 569. The number of carbonyl (C=O) groups is 1. The molecule has 20 heavy (non-hydrogen) atoms. The van der Waals surface area contributed by atoms with Crippen LogP contribution in [0.15, 0.2) is 54.6 Å². The van der Waals surface area contributed by atoms with E-state index in [9.17, 15) is 9.90 Å². The van der Waals surface area contributed by atoms with E-state index in [2.05, 4.69) is 5.32 Å². The maximum absolute atomic E-state index is 11.7. The molecule has 2 aromatic rings. The van der Waals surface area contributed by atoms with Gasteiger partial charge in [-0.15, -0.1) is 0 Å². The van der Waals surface area contributed by atoms with Gasteiger partial charge in [0.1, 0.15) is 12.4 Å². The fourth-order valence-corrected chi connectivity index (χ4v) is 1.82. The van der Waals surface area contributed by atoms with E-state index in [1.54, 1.807) is 18.2 Å².